The maximum Gasteiger partial charge on any atom is 0.230 e. The van der Waals surface area contributed by atoms with Crippen LogP contribution in [0.1, 0.15) is 18.1 Å². The maximum atomic E-state index is 12.9. The molecule has 6 heteroatoms. The zero-order chi connectivity index (χ0) is 14.4. The highest BCUT2D eigenvalue weighted by molar-refractivity contribution is 6.01. The lowest BCUT2D eigenvalue weighted by Crippen LogP contribution is -2.38. The first-order valence-corrected chi connectivity index (χ1v) is 5.96. The predicted octanol–water partition coefficient (Wildman–Crippen LogP) is 1.18. The Morgan fingerprint density at radius 1 is 1.58 bits per heavy atom. The van der Waals surface area contributed by atoms with Gasteiger partial charge in [-0.05, 0) is 43.5 Å². The number of benzene rings is 1. The van der Waals surface area contributed by atoms with Gasteiger partial charge in [-0.3, -0.25) is 4.79 Å². The van der Waals surface area contributed by atoms with Gasteiger partial charge in [-0.2, -0.15) is 0 Å². The van der Waals surface area contributed by atoms with Crippen molar-refractivity contribution >= 4 is 11.7 Å². The van der Waals surface area contributed by atoms with Crippen LogP contribution in [0.4, 0.5) is 4.39 Å². The molecule has 0 aromatic heterocycles. The Bertz CT molecular complexity index is 489. The van der Waals surface area contributed by atoms with Crippen LogP contribution in [0, 0.1) is 18.7 Å². The van der Waals surface area contributed by atoms with Crippen LogP contribution >= 0.6 is 0 Å². The summed E-state index contributed by atoms with van der Waals surface area (Å²) in [6.45, 7) is 3.78. The van der Waals surface area contributed by atoms with Gasteiger partial charge in [0.2, 0.25) is 5.91 Å². The Balaban J connectivity index is 2.48. The minimum atomic E-state index is -0.681. The first-order valence-electron chi connectivity index (χ1n) is 5.96. The van der Waals surface area contributed by atoms with Gasteiger partial charge in [-0.25, -0.2) is 4.39 Å². The molecule has 4 N–H and O–H groups in total. The molecule has 104 valence electrons. The molecule has 19 heavy (non-hydrogen) atoms. The number of halogens is 1. The fraction of sp³-hybridized carbons (Fsp3) is 0.385. The summed E-state index contributed by atoms with van der Waals surface area (Å²) in [7, 11) is 0. The van der Waals surface area contributed by atoms with E-state index < -0.39 is 5.92 Å². The monoisotopic (exact) mass is 267 g/mol. The quantitative estimate of drug-likeness (QED) is 0.324. The number of aryl methyl sites for hydroxylation is 1. The third-order valence-electron chi connectivity index (χ3n) is 2.95. The topological polar surface area (TPSA) is 87.7 Å². The number of nitrogens with two attached hydrogens (primary N) is 1. The number of amidine groups is 1. The molecule has 5 nitrogen and oxygen atoms in total. The number of hydrogen-bond acceptors (Lipinski definition) is 3. The average Bonchev–Trinajstić information content (AvgIpc) is 2.39. The lowest BCUT2D eigenvalue weighted by molar-refractivity contribution is -0.122. The van der Waals surface area contributed by atoms with Gasteiger partial charge in [-0.15, -0.1) is 0 Å². The number of hydrogen-bond donors (Lipinski definition) is 3. The summed E-state index contributed by atoms with van der Waals surface area (Å²) in [5.74, 6) is -1.39. The van der Waals surface area contributed by atoms with E-state index in [1.165, 1.54) is 12.1 Å². The van der Waals surface area contributed by atoms with Crippen LogP contribution in [-0.4, -0.2) is 23.5 Å². The number of nitrogens with zero attached hydrogens (tertiary/aromatic N) is 1. The Morgan fingerprint density at radius 2 is 2.26 bits per heavy atom. The number of rotatable bonds is 5. The van der Waals surface area contributed by atoms with Gasteiger partial charge < -0.3 is 16.3 Å². The highest BCUT2D eigenvalue weighted by Crippen LogP contribution is 2.10. The van der Waals surface area contributed by atoms with Gasteiger partial charge in [0.05, 0.1) is 5.92 Å². The van der Waals surface area contributed by atoms with E-state index in [0.29, 0.717) is 13.0 Å². The number of oxime groups is 1. The standard InChI is InChI=1S/C13H18FN3O2/c1-8-7-11(14)4-3-10(8)5-6-16-13(18)9(2)12(15)17-19/h3-4,7,9,19H,5-6H2,1-2H3,(H2,15,17)(H,16,18). The zero-order valence-electron chi connectivity index (χ0n) is 11.0. The minimum Gasteiger partial charge on any atom is -0.409 e. The van der Waals surface area contributed by atoms with Crippen molar-refractivity contribution in [2.24, 2.45) is 16.8 Å². The molecular weight excluding hydrogens is 249 g/mol. The van der Waals surface area contributed by atoms with E-state index in [2.05, 4.69) is 10.5 Å². The summed E-state index contributed by atoms with van der Waals surface area (Å²) < 4.78 is 12.9. The molecule has 1 rings (SSSR count). The fourth-order valence-electron chi connectivity index (χ4n) is 1.63. The third kappa shape index (κ3) is 4.24. The minimum absolute atomic E-state index is 0.129. The normalized spacial score (nSPS) is 13.1. The van der Waals surface area contributed by atoms with E-state index in [4.69, 9.17) is 10.9 Å². The summed E-state index contributed by atoms with van der Waals surface area (Å²) in [6.07, 6.45) is 0.598. The summed E-state index contributed by atoms with van der Waals surface area (Å²) in [5.41, 5.74) is 7.16. The molecule has 1 aromatic rings. The van der Waals surface area contributed by atoms with E-state index in [1.54, 1.807) is 13.0 Å². The Hall–Kier alpha value is -2.11. The predicted molar refractivity (Wildman–Crippen MR) is 70.4 cm³/mol. The van der Waals surface area contributed by atoms with E-state index in [-0.39, 0.29) is 17.6 Å². The van der Waals surface area contributed by atoms with Crippen LogP contribution in [0.3, 0.4) is 0 Å². The van der Waals surface area contributed by atoms with Gasteiger partial charge >= 0.3 is 0 Å². The van der Waals surface area contributed by atoms with Gasteiger partial charge in [-0.1, -0.05) is 11.2 Å². The third-order valence-corrected chi connectivity index (χ3v) is 2.95. The SMILES string of the molecule is Cc1cc(F)ccc1CCNC(=O)C(C)C(N)=NO. The number of carbonyl (C=O) groups is 1. The van der Waals surface area contributed by atoms with E-state index in [9.17, 15) is 9.18 Å². The molecule has 0 aliphatic heterocycles. The van der Waals surface area contributed by atoms with Crippen molar-refractivity contribution in [1.29, 1.82) is 0 Å². The molecule has 0 aliphatic carbocycles. The van der Waals surface area contributed by atoms with Gasteiger partial charge in [0.15, 0.2) is 5.84 Å². The molecule has 0 spiro atoms. The van der Waals surface area contributed by atoms with Crippen molar-refractivity contribution < 1.29 is 14.4 Å². The van der Waals surface area contributed by atoms with Gasteiger partial charge in [0, 0.05) is 6.54 Å². The van der Waals surface area contributed by atoms with Crippen LogP contribution in [0.25, 0.3) is 0 Å². The van der Waals surface area contributed by atoms with Crippen molar-refractivity contribution in [3.05, 3.63) is 35.1 Å². The van der Waals surface area contributed by atoms with Crippen LogP contribution in [0.2, 0.25) is 0 Å². The zero-order valence-corrected chi connectivity index (χ0v) is 11.0. The van der Waals surface area contributed by atoms with E-state index in [1.807, 2.05) is 6.92 Å². The highest BCUT2D eigenvalue weighted by atomic mass is 19.1. The lowest BCUT2D eigenvalue weighted by atomic mass is 10.1. The summed E-state index contributed by atoms with van der Waals surface area (Å²) in [5, 5.41) is 13.9. The molecule has 0 bridgehead atoms. The van der Waals surface area contributed by atoms with Crippen molar-refractivity contribution in [3.63, 3.8) is 0 Å². The van der Waals surface area contributed by atoms with E-state index >= 15 is 0 Å². The first kappa shape index (κ1) is 14.9. The Kier molecular flexibility index (Phi) is 5.29. The molecule has 1 aromatic carbocycles. The number of carbonyl (C=O) groups excluding carboxylic acids is 1. The summed E-state index contributed by atoms with van der Waals surface area (Å²) in [6, 6.07) is 4.54. The van der Waals surface area contributed by atoms with Crippen LogP contribution < -0.4 is 11.1 Å². The van der Waals surface area contributed by atoms with Crippen molar-refractivity contribution in [2.75, 3.05) is 6.54 Å². The molecule has 0 saturated heterocycles. The highest BCUT2D eigenvalue weighted by Gasteiger charge is 2.16. The second-order valence-corrected chi connectivity index (χ2v) is 4.36. The fourth-order valence-corrected chi connectivity index (χ4v) is 1.63. The number of nitrogens with one attached hydrogen (secondary N) is 1. The molecule has 1 atom stereocenters. The van der Waals surface area contributed by atoms with Crippen LogP contribution in [-0.2, 0) is 11.2 Å². The molecule has 0 radical (unpaired) electrons. The largest absolute Gasteiger partial charge is 0.409 e. The molecule has 0 aliphatic rings. The second-order valence-electron chi connectivity index (χ2n) is 4.36. The summed E-state index contributed by atoms with van der Waals surface area (Å²) >= 11 is 0. The number of amides is 1. The molecule has 1 amide bonds. The van der Waals surface area contributed by atoms with Gasteiger partial charge in [0.25, 0.3) is 0 Å². The van der Waals surface area contributed by atoms with Crippen molar-refractivity contribution in [3.8, 4) is 0 Å². The summed E-state index contributed by atoms with van der Waals surface area (Å²) in [4.78, 5) is 11.6. The molecule has 1 unspecified atom stereocenters. The van der Waals surface area contributed by atoms with Crippen LogP contribution in [0.15, 0.2) is 23.4 Å². The lowest BCUT2D eigenvalue weighted by Gasteiger charge is -2.11. The Morgan fingerprint density at radius 3 is 2.84 bits per heavy atom. The second kappa shape index (κ2) is 6.72. The smallest absolute Gasteiger partial charge is 0.230 e. The van der Waals surface area contributed by atoms with Crippen molar-refractivity contribution in [2.45, 2.75) is 20.3 Å². The first-order chi connectivity index (χ1) is 8.95. The molecule has 0 saturated carbocycles. The molecule has 0 heterocycles. The molecule has 0 fully saturated rings. The van der Waals surface area contributed by atoms with Gasteiger partial charge in [0.1, 0.15) is 5.82 Å². The average molecular weight is 267 g/mol. The maximum absolute atomic E-state index is 12.9. The van der Waals surface area contributed by atoms with E-state index in [0.717, 1.165) is 11.1 Å². The molecular formula is C13H18FN3O2. The van der Waals surface area contributed by atoms with Crippen molar-refractivity contribution in [1.82, 2.24) is 5.32 Å². The van der Waals surface area contributed by atoms with Crippen LogP contribution in [0.5, 0.6) is 0 Å². The Labute approximate surface area is 111 Å².